The molecule has 0 atom stereocenters. The molecule has 9 heteroatoms. The van der Waals surface area contributed by atoms with Crippen molar-refractivity contribution >= 4 is 22.7 Å². The largest absolute Gasteiger partial charge is 0.497 e. The number of fused-ring (bicyclic) bond motifs is 1. The fourth-order valence-corrected chi connectivity index (χ4v) is 4.21. The van der Waals surface area contributed by atoms with Crippen LogP contribution in [0.5, 0.6) is 5.75 Å². The highest BCUT2D eigenvalue weighted by Crippen LogP contribution is 2.33. The van der Waals surface area contributed by atoms with Crippen LogP contribution in [0.15, 0.2) is 75.2 Å². The molecule has 0 aliphatic rings. The van der Waals surface area contributed by atoms with Crippen LogP contribution in [0.2, 0.25) is 0 Å². The summed E-state index contributed by atoms with van der Waals surface area (Å²) in [5.41, 5.74) is 1.47. The molecule has 0 bridgehead atoms. The van der Waals surface area contributed by atoms with Gasteiger partial charge in [-0.2, -0.15) is 13.2 Å². The van der Waals surface area contributed by atoms with Crippen LogP contribution < -0.4 is 10.4 Å². The minimum absolute atomic E-state index is 0.214. The monoisotopic (exact) mass is 446 g/mol. The van der Waals surface area contributed by atoms with E-state index >= 15 is 0 Å². The molecule has 0 fully saturated rings. The zero-order chi connectivity index (χ0) is 22.0. The third kappa shape index (κ3) is 4.77. The van der Waals surface area contributed by atoms with Gasteiger partial charge in [0.25, 0.3) is 0 Å². The lowest BCUT2D eigenvalue weighted by molar-refractivity contribution is -0.141. The Hall–Kier alpha value is -3.20. The van der Waals surface area contributed by atoms with Gasteiger partial charge in [-0.15, -0.1) is 0 Å². The van der Waals surface area contributed by atoms with E-state index in [2.05, 4.69) is 4.98 Å². The number of ether oxygens (including phenoxy) is 1. The number of methoxy groups -OCH3 is 1. The maximum Gasteiger partial charge on any atom is 0.406 e. The Bertz CT molecular complexity index is 1270. The van der Waals surface area contributed by atoms with Crippen LogP contribution in [0.1, 0.15) is 5.56 Å². The van der Waals surface area contributed by atoms with E-state index in [4.69, 9.17) is 9.15 Å². The first-order chi connectivity index (χ1) is 14.8. The van der Waals surface area contributed by atoms with Crippen molar-refractivity contribution in [2.24, 2.45) is 0 Å². The molecule has 2 aromatic heterocycles. The van der Waals surface area contributed by atoms with E-state index < -0.39 is 18.3 Å². The maximum atomic E-state index is 13.3. The number of hydrogen-bond donors (Lipinski definition) is 0. The Labute approximate surface area is 179 Å². The van der Waals surface area contributed by atoms with E-state index in [0.29, 0.717) is 33.5 Å². The molecule has 0 unspecified atom stereocenters. The van der Waals surface area contributed by atoms with Crippen LogP contribution in [-0.4, -0.2) is 22.8 Å². The number of halogens is 3. The van der Waals surface area contributed by atoms with Gasteiger partial charge >= 0.3 is 11.8 Å². The molecular weight excluding hydrogens is 429 g/mol. The summed E-state index contributed by atoms with van der Waals surface area (Å²) in [6.45, 7) is -1.16. The number of alkyl halides is 3. The first-order valence-corrected chi connectivity index (χ1v) is 10.2. The van der Waals surface area contributed by atoms with Crippen molar-refractivity contribution in [2.45, 2.75) is 23.6 Å². The summed E-state index contributed by atoms with van der Waals surface area (Å²) in [6, 6.07) is 15.2. The summed E-state index contributed by atoms with van der Waals surface area (Å²) in [4.78, 5) is 16.2. The molecule has 0 saturated heterocycles. The topological polar surface area (TPSA) is 57.3 Å². The summed E-state index contributed by atoms with van der Waals surface area (Å²) >= 11 is 1.13. The zero-order valence-corrected chi connectivity index (χ0v) is 17.2. The fraction of sp³-hybridized carbons (Fsp3) is 0.182. The molecule has 4 aromatic rings. The molecule has 31 heavy (non-hydrogen) atoms. The maximum absolute atomic E-state index is 13.3. The Kier molecular flexibility index (Phi) is 5.77. The summed E-state index contributed by atoms with van der Waals surface area (Å²) in [5.74, 6) is 0.783. The van der Waals surface area contributed by atoms with Gasteiger partial charge in [0, 0.05) is 23.3 Å². The van der Waals surface area contributed by atoms with Crippen molar-refractivity contribution in [1.29, 1.82) is 0 Å². The third-order valence-electron chi connectivity index (χ3n) is 4.62. The van der Waals surface area contributed by atoms with Gasteiger partial charge in [-0.05, 0) is 23.3 Å². The van der Waals surface area contributed by atoms with Crippen molar-refractivity contribution in [3.05, 3.63) is 76.8 Å². The number of imidazole rings is 1. The minimum Gasteiger partial charge on any atom is -0.497 e. The molecule has 160 valence electrons. The van der Waals surface area contributed by atoms with E-state index in [9.17, 15) is 18.0 Å². The molecule has 2 aromatic carbocycles. The van der Waals surface area contributed by atoms with Crippen molar-refractivity contribution in [2.75, 3.05) is 7.11 Å². The second-order valence-corrected chi connectivity index (χ2v) is 7.68. The zero-order valence-electron chi connectivity index (χ0n) is 16.3. The summed E-state index contributed by atoms with van der Waals surface area (Å²) in [6.07, 6.45) is -2.97. The number of nitrogens with zero attached hydrogens (tertiary/aromatic N) is 2. The quantitative estimate of drug-likeness (QED) is 0.288. The van der Waals surface area contributed by atoms with E-state index in [1.54, 1.807) is 48.5 Å². The number of rotatable bonds is 6. The lowest BCUT2D eigenvalue weighted by atomic mass is 10.1. The molecule has 5 nitrogen and oxygen atoms in total. The van der Waals surface area contributed by atoms with Crippen molar-refractivity contribution in [1.82, 2.24) is 9.55 Å². The molecule has 0 amide bonds. The SMILES string of the molecule is COc1ccc2c(CSc3ncc(-c4ccccc4)n3CC(F)(F)F)cc(=O)oc2c1. The highest BCUT2D eigenvalue weighted by molar-refractivity contribution is 7.98. The van der Waals surface area contributed by atoms with Gasteiger partial charge < -0.3 is 13.7 Å². The van der Waals surface area contributed by atoms with Crippen LogP contribution in [0.3, 0.4) is 0 Å². The van der Waals surface area contributed by atoms with Gasteiger partial charge in [0.15, 0.2) is 5.16 Å². The highest BCUT2D eigenvalue weighted by atomic mass is 32.2. The molecule has 0 aliphatic heterocycles. The van der Waals surface area contributed by atoms with Gasteiger partial charge in [-0.3, -0.25) is 0 Å². The molecule has 0 saturated carbocycles. The highest BCUT2D eigenvalue weighted by Gasteiger charge is 2.31. The van der Waals surface area contributed by atoms with E-state index in [1.807, 2.05) is 0 Å². The van der Waals surface area contributed by atoms with E-state index in [-0.39, 0.29) is 10.9 Å². The lowest BCUT2D eigenvalue weighted by Gasteiger charge is -2.14. The normalized spacial score (nSPS) is 11.7. The summed E-state index contributed by atoms with van der Waals surface area (Å²) in [5, 5.41) is 0.899. The smallest absolute Gasteiger partial charge is 0.406 e. The van der Waals surface area contributed by atoms with Gasteiger partial charge in [0.1, 0.15) is 17.9 Å². The van der Waals surface area contributed by atoms with E-state index in [1.165, 1.54) is 19.4 Å². The molecule has 0 spiro atoms. The van der Waals surface area contributed by atoms with Gasteiger partial charge in [0.2, 0.25) is 0 Å². The number of benzene rings is 2. The predicted octanol–water partition coefficient (Wildman–Crippen LogP) is 5.52. The lowest BCUT2D eigenvalue weighted by Crippen LogP contribution is -2.19. The first kappa shape index (κ1) is 21.0. The summed E-state index contributed by atoms with van der Waals surface area (Å²) in [7, 11) is 1.50. The van der Waals surface area contributed by atoms with Gasteiger partial charge in [0.05, 0.1) is 19.0 Å². The molecule has 0 radical (unpaired) electrons. The van der Waals surface area contributed by atoms with Crippen LogP contribution in [-0.2, 0) is 12.3 Å². The van der Waals surface area contributed by atoms with Crippen LogP contribution in [0.4, 0.5) is 13.2 Å². The molecule has 0 N–H and O–H groups in total. The van der Waals surface area contributed by atoms with Gasteiger partial charge in [-0.1, -0.05) is 42.1 Å². The Balaban J connectivity index is 1.69. The number of hydrogen-bond acceptors (Lipinski definition) is 5. The second kappa shape index (κ2) is 8.50. The van der Waals surface area contributed by atoms with Crippen molar-refractivity contribution in [3.63, 3.8) is 0 Å². The Morgan fingerprint density at radius 3 is 2.61 bits per heavy atom. The predicted molar refractivity (Wildman–Crippen MR) is 112 cm³/mol. The number of thioether (sulfide) groups is 1. The van der Waals surface area contributed by atoms with Crippen LogP contribution >= 0.6 is 11.8 Å². The Morgan fingerprint density at radius 1 is 1.13 bits per heavy atom. The fourth-order valence-electron chi connectivity index (χ4n) is 3.24. The molecule has 0 aliphatic carbocycles. The minimum atomic E-state index is -4.41. The van der Waals surface area contributed by atoms with Crippen LogP contribution in [0, 0.1) is 0 Å². The first-order valence-electron chi connectivity index (χ1n) is 9.25. The third-order valence-corrected chi connectivity index (χ3v) is 5.66. The average molecular weight is 446 g/mol. The number of aromatic nitrogens is 2. The summed E-state index contributed by atoms with van der Waals surface area (Å²) < 4.78 is 51.3. The standard InChI is InChI=1S/C22H17F3N2O3S/c1-29-16-7-8-17-15(9-20(28)30-19(17)10-16)12-31-21-26-11-18(14-5-3-2-4-6-14)27(21)13-22(23,24)25/h2-11H,12-13H2,1H3. The van der Waals surface area contributed by atoms with E-state index in [0.717, 1.165) is 16.3 Å². The van der Waals surface area contributed by atoms with Gasteiger partial charge in [-0.25, -0.2) is 9.78 Å². The molecule has 2 heterocycles. The van der Waals surface area contributed by atoms with Crippen molar-refractivity contribution in [3.8, 4) is 17.0 Å². The van der Waals surface area contributed by atoms with Crippen molar-refractivity contribution < 1.29 is 22.3 Å². The second-order valence-electron chi connectivity index (χ2n) is 6.73. The van der Waals surface area contributed by atoms with Crippen LogP contribution in [0.25, 0.3) is 22.2 Å². The molecular formula is C22H17F3N2O3S. The average Bonchev–Trinajstić information content (AvgIpc) is 3.12. The Morgan fingerprint density at radius 2 is 1.90 bits per heavy atom. The molecule has 4 rings (SSSR count).